The third kappa shape index (κ3) is 3.29. The molecule has 144 valence electrons. The summed E-state index contributed by atoms with van der Waals surface area (Å²) in [5, 5.41) is 4.39. The third-order valence-corrected chi connectivity index (χ3v) is 4.67. The lowest BCUT2D eigenvalue weighted by Gasteiger charge is -2.11. The van der Waals surface area contributed by atoms with Gasteiger partial charge in [-0.15, -0.1) is 0 Å². The van der Waals surface area contributed by atoms with Crippen molar-refractivity contribution in [1.82, 2.24) is 19.5 Å². The molecule has 6 nitrogen and oxygen atoms in total. The maximum absolute atomic E-state index is 13.6. The number of imidazole rings is 1. The molecule has 0 aliphatic carbocycles. The van der Waals surface area contributed by atoms with E-state index in [0.29, 0.717) is 27.7 Å². The Morgan fingerprint density at radius 2 is 1.89 bits per heavy atom. The molecule has 0 fully saturated rings. The average Bonchev–Trinajstić information content (AvgIpc) is 3.27. The summed E-state index contributed by atoms with van der Waals surface area (Å²) in [6, 6.07) is 6.23. The van der Waals surface area contributed by atoms with Gasteiger partial charge in [0, 0.05) is 30.4 Å². The van der Waals surface area contributed by atoms with Gasteiger partial charge >= 0.3 is 0 Å². The fourth-order valence-corrected chi connectivity index (χ4v) is 3.15. The van der Waals surface area contributed by atoms with E-state index in [4.69, 9.17) is 32.5 Å². The highest BCUT2D eigenvalue weighted by molar-refractivity contribution is 6.33. The molecule has 0 saturated heterocycles. The van der Waals surface area contributed by atoms with E-state index in [9.17, 15) is 8.78 Å². The monoisotopic (exact) mass is 424 g/mol. The molecule has 0 atom stereocenters. The van der Waals surface area contributed by atoms with Gasteiger partial charge in [-0.05, 0) is 24.3 Å². The largest absolute Gasteiger partial charge is 0.497 e. The molecule has 28 heavy (non-hydrogen) atoms. The van der Waals surface area contributed by atoms with Gasteiger partial charge in [0.05, 0.1) is 17.2 Å². The molecule has 1 aromatic carbocycles. The number of aromatic nitrogens is 4. The van der Waals surface area contributed by atoms with Crippen molar-refractivity contribution in [2.75, 3.05) is 7.11 Å². The molecular weight excluding hydrogens is 413 g/mol. The van der Waals surface area contributed by atoms with Crippen LogP contribution in [0.2, 0.25) is 10.0 Å². The first-order chi connectivity index (χ1) is 13.3. The number of hydrogen-bond acceptors (Lipinski definition) is 5. The number of pyridine rings is 1. The molecule has 10 heteroatoms. The summed E-state index contributed by atoms with van der Waals surface area (Å²) in [6.45, 7) is 0.797. The normalized spacial score (nSPS) is 11.9. The van der Waals surface area contributed by atoms with Crippen molar-refractivity contribution in [3.05, 3.63) is 52.3 Å². The fourth-order valence-electron chi connectivity index (χ4n) is 2.64. The third-order valence-electron chi connectivity index (χ3n) is 4.08. The lowest BCUT2D eigenvalue weighted by atomic mass is 10.2. The molecule has 0 aliphatic heterocycles. The summed E-state index contributed by atoms with van der Waals surface area (Å²) in [7, 11) is 1.53. The van der Waals surface area contributed by atoms with Gasteiger partial charge in [0.1, 0.15) is 11.4 Å². The van der Waals surface area contributed by atoms with Crippen LogP contribution in [0.25, 0.3) is 28.6 Å². The summed E-state index contributed by atoms with van der Waals surface area (Å²) >= 11 is 12.3. The Kier molecular flexibility index (Phi) is 4.47. The Hall–Kier alpha value is -2.71. The zero-order chi connectivity index (χ0) is 20.1. The lowest BCUT2D eigenvalue weighted by Crippen LogP contribution is -2.08. The molecule has 0 saturated carbocycles. The first-order valence-electron chi connectivity index (χ1n) is 8.01. The molecule has 0 aliphatic rings. The van der Waals surface area contributed by atoms with Crippen LogP contribution in [0, 0.1) is 0 Å². The smallest absolute Gasteiger partial charge is 0.278 e. The topological polar surface area (TPSA) is 65.5 Å². The van der Waals surface area contributed by atoms with E-state index in [-0.39, 0.29) is 22.3 Å². The van der Waals surface area contributed by atoms with Crippen LogP contribution in [0.3, 0.4) is 0 Å². The second-order valence-corrected chi connectivity index (χ2v) is 6.91. The Bertz CT molecular complexity index is 1180. The molecule has 3 aromatic heterocycles. The molecule has 0 amide bonds. The minimum atomic E-state index is -3.04. The van der Waals surface area contributed by atoms with Gasteiger partial charge < -0.3 is 13.7 Å². The number of halogens is 4. The van der Waals surface area contributed by atoms with Crippen LogP contribution in [0.15, 0.2) is 41.2 Å². The summed E-state index contributed by atoms with van der Waals surface area (Å²) in [6.07, 6.45) is 2.75. The molecule has 0 unspecified atom stereocenters. The van der Waals surface area contributed by atoms with Crippen molar-refractivity contribution < 1.29 is 18.0 Å². The van der Waals surface area contributed by atoms with Gasteiger partial charge in [-0.3, -0.25) is 0 Å². The van der Waals surface area contributed by atoms with E-state index in [0.717, 1.165) is 6.92 Å². The van der Waals surface area contributed by atoms with Gasteiger partial charge in [0.25, 0.3) is 11.8 Å². The number of benzene rings is 1. The minimum Gasteiger partial charge on any atom is -0.497 e. The van der Waals surface area contributed by atoms with Crippen LogP contribution < -0.4 is 4.74 Å². The van der Waals surface area contributed by atoms with Crippen molar-refractivity contribution in [2.45, 2.75) is 12.8 Å². The zero-order valence-corrected chi connectivity index (χ0v) is 16.1. The average molecular weight is 425 g/mol. The number of rotatable bonds is 4. The van der Waals surface area contributed by atoms with Gasteiger partial charge in [0.15, 0.2) is 5.65 Å². The predicted molar refractivity (Wildman–Crippen MR) is 100 cm³/mol. The molecule has 4 aromatic rings. The van der Waals surface area contributed by atoms with E-state index >= 15 is 0 Å². The summed E-state index contributed by atoms with van der Waals surface area (Å²) in [5.74, 6) is -2.08. The Morgan fingerprint density at radius 1 is 1.11 bits per heavy atom. The highest BCUT2D eigenvalue weighted by Crippen LogP contribution is 2.33. The predicted octanol–water partition coefficient (Wildman–Crippen LogP) is 5.48. The van der Waals surface area contributed by atoms with Gasteiger partial charge in [-0.25, -0.2) is 13.8 Å². The SMILES string of the molecule is COc1ccc(-c2noc(-c3cn4cc(C(C)(F)F)cc(Cl)c4n3)n2)c(Cl)c1. The van der Waals surface area contributed by atoms with Crippen LogP contribution in [0.1, 0.15) is 12.5 Å². The van der Waals surface area contributed by atoms with Crippen LogP contribution in [-0.4, -0.2) is 26.6 Å². The molecule has 3 heterocycles. The van der Waals surface area contributed by atoms with Crippen molar-refractivity contribution in [2.24, 2.45) is 0 Å². The highest BCUT2D eigenvalue weighted by atomic mass is 35.5. The van der Waals surface area contributed by atoms with Gasteiger partial charge in [-0.1, -0.05) is 28.4 Å². The molecule has 0 N–H and O–H groups in total. The Labute approximate surface area is 167 Å². The molecule has 0 spiro atoms. The van der Waals surface area contributed by atoms with Crippen molar-refractivity contribution in [3.63, 3.8) is 0 Å². The van der Waals surface area contributed by atoms with Crippen molar-refractivity contribution in [3.8, 4) is 28.7 Å². The minimum absolute atomic E-state index is 0.0863. The van der Waals surface area contributed by atoms with E-state index in [1.54, 1.807) is 18.2 Å². The van der Waals surface area contributed by atoms with Gasteiger partial charge in [0.2, 0.25) is 5.82 Å². The van der Waals surface area contributed by atoms with Crippen molar-refractivity contribution >= 4 is 28.8 Å². The van der Waals surface area contributed by atoms with E-state index < -0.39 is 5.92 Å². The lowest BCUT2D eigenvalue weighted by molar-refractivity contribution is 0.0170. The maximum Gasteiger partial charge on any atom is 0.278 e. The maximum atomic E-state index is 13.6. The zero-order valence-electron chi connectivity index (χ0n) is 14.6. The van der Waals surface area contributed by atoms with Crippen LogP contribution in [0.4, 0.5) is 8.78 Å². The van der Waals surface area contributed by atoms with Crippen LogP contribution in [-0.2, 0) is 5.92 Å². The first-order valence-corrected chi connectivity index (χ1v) is 8.76. The summed E-state index contributed by atoms with van der Waals surface area (Å²) in [5.41, 5.74) is 0.908. The quantitative estimate of drug-likeness (QED) is 0.433. The second kappa shape index (κ2) is 6.72. The summed E-state index contributed by atoms with van der Waals surface area (Å²) in [4.78, 5) is 8.59. The van der Waals surface area contributed by atoms with Crippen LogP contribution in [0.5, 0.6) is 5.75 Å². The molecule has 4 rings (SSSR count). The molecule has 0 radical (unpaired) electrons. The Morgan fingerprint density at radius 3 is 2.57 bits per heavy atom. The van der Waals surface area contributed by atoms with E-state index in [1.807, 2.05) is 0 Å². The number of alkyl halides is 2. The number of methoxy groups -OCH3 is 1. The fraction of sp³-hybridized carbons (Fsp3) is 0.167. The Balaban J connectivity index is 1.75. The highest BCUT2D eigenvalue weighted by Gasteiger charge is 2.26. The van der Waals surface area contributed by atoms with E-state index in [1.165, 1.54) is 30.0 Å². The van der Waals surface area contributed by atoms with Gasteiger partial charge in [-0.2, -0.15) is 4.98 Å². The first kappa shape index (κ1) is 18.6. The van der Waals surface area contributed by atoms with Crippen LogP contribution >= 0.6 is 23.2 Å². The number of ether oxygens (including phenoxy) is 1. The number of nitrogens with zero attached hydrogens (tertiary/aromatic N) is 4. The second-order valence-electron chi connectivity index (χ2n) is 6.09. The van der Waals surface area contributed by atoms with E-state index in [2.05, 4.69) is 15.1 Å². The van der Waals surface area contributed by atoms with Crippen molar-refractivity contribution in [1.29, 1.82) is 0 Å². The summed E-state index contributed by atoms with van der Waals surface area (Å²) < 4.78 is 39.0. The standard InChI is InChI=1S/C18H12Cl2F2N4O2/c1-18(21,22)9-5-13(20)16-23-14(8-26(16)7-9)17-24-15(25-28-17)11-4-3-10(27-2)6-12(11)19/h3-8H,1-2H3. The number of fused-ring (bicyclic) bond motifs is 1. The molecule has 0 bridgehead atoms. The number of hydrogen-bond donors (Lipinski definition) is 0. The molecular formula is C18H12Cl2F2N4O2.